The predicted molar refractivity (Wildman–Crippen MR) is 111 cm³/mol. The number of carbonyl (C=O) groups is 1. The zero-order valence-corrected chi connectivity index (χ0v) is 17.5. The SMILES string of the molecule is COc1ccc(NC(=O)c2ccc(OC)c(S(=O)(=O)N3CCCCCC3)c2)cc1. The van der Waals surface area contributed by atoms with Gasteiger partial charge in [0.2, 0.25) is 10.0 Å². The molecular formula is C21H26N2O5S. The van der Waals surface area contributed by atoms with Crippen LogP contribution in [-0.2, 0) is 10.0 Å². The topological polar surface area (TPSA) is 84.9 Å². The summed E-state index contributed by atoms with van der Waals surface area (Å²) in [6.45, 7) is 0.960. The van der Waals surface area contributed by atoms with Gasteiger partial charge in [0.25, 0.3) is 5.91 Å². The summed E-state index contributed by atoms with van der Waals surface area (Å²) in [6.07, 6.45) is 3.71. The van der Waals surface area contributed by atoms with Gasteiger partial charge in [-0.25, -0.2) is 8.42 Å². The molecule has 8 heteroatoms. The third-order valence-electron chi connectivity index (χ3n) is 4.96. The minimum absolute atomic E-state index is 0.0179. The quantitative estimate of drug-likeness (QED) is 0.776. The highest BCUT2D eigenvalue weighted by Gasteiger charge is 2.29. The maximum Gasteiger partial charge on any atom is 0.255 e. The van der Waals surface area contributed by atoms with Crippen molar-refractivity contribution in [2.45, 2.75) is 30.6 Å². The monoisotopic (exact) mass is 418 g/mol. The number of methoxy groups -OCH3 is 2. The van der Waals surface area contributed by atoms with Gasteiger partial charge in [0.05, 0.1) is 14.2 Å². The van der Waals surface area contributed by atoms with E-state index < -0.39 is 15.9 Å². The van der Waals surface area contributed by atoms with E-state index in [-0.39, 0.29) is 16.2 Å². The molecule has 0 unspecified atom stereocenters. The summed E-state index contributed by atoms with van der Waals surface area (Å²) < 4.78 is 38.3. The highest BCUT2D eigenvalue weighted by Crippen LogP contribution is 2.29. The molecule has 156 valence electrons. The molecule has 1 saturated heterocycles. The Morgan fingerprint density at radius 3 is 2.17 bits per heavy atom. The van der Waals surface area contributed by atoms with Crippen LogP contribution in [0.3, 0.4) is 0 Å². The molecule has 0 aliphatic carbocycles. The Morgan fingerprint density at radius 1 is 0.931 bits per heavy atom. The number of amides is 1. The van der Waals surface area contributed by atoms with Crippen molar-refractivity contribution in [1.29, 1.82) is 0 Å². The molecule has 1 heterocycles. The van der Waals surface area contributed by atoms with E-state index in [4.69, 9.17) is 9.47 Å². The first kappa shape index (κ1) is 21.1. The molecule has 2 aromatic rings. The molecule has 1 aliphatic rings. The fraction of sp³-hybridized carbons (Fsp3) is 0.381. The second-order valence-electron chi connectivity index (χ2n) is 6.87. The van der Waals surface area contributed by atoms with Crippen molar-refractivity contribution >= 4 is 21.6 Å². The van der Waals surface area contributed by atoms with Gasteiger partial charge in [-0.1, -0.05) is 12.8 Å². The normalized spacial score (nSPS) is 15.4. The van der Waals surface area contributed by atoms with Gasteiger partial charge in [-0.15, -0.1) is 0 Å². The van der Waals surface area contributed by atoms with Gasteiger partial charge < -0.3 is 14.8 Å². The molecule has 1 aliphatic heterocycles. The summed E-state index contributed by atoms with van der Waals surface area (Å²) in [5, 5.41) is 2.77. The lowest BCUT2D eigenvalue weighted by Gasteiger charge is -2.21. The number of benzene rings is 2. The van der Waals surface area contributed by atoms with E-state index in [0.717, 1.165) is 25.7 Å². The van der Waals surface area contributed by atoms with Crippen molar-refractivity contribution in [2.24, 2.45) is 0 Å². The Balaban J connectivity index is 1.88. The number of ether oxygens (including phenoxy) is 2. The summed E-state index contributed by atoms with van der Waals surface area (Å²) in [5.41, 5.74) is 0.832. The number of hydrogen-bond acceptors (Lipinski definition) is 5. The number of nitrogens with zero attached hydrogens (tertiary/aromatic N) is 1. The molecule has 1 amide bonds. The molecule has 2 aromatic carbocycles. The van der Waals surface area contributed by atoms with Gasteiger partial charge in [-0.2, -0.15) is 4.31 Å². The summed E-state index contributed by atoms with van der Waals surface area (Å²) in [6, 6.07) is 11.4. The zero-order valence-electron chi connectivity index (χ0n) is 16.7. The molecular weight excluding hydrogens is 392 g/mol. The third kappa shape index (κ3) is 4.89. The second-order valence-corrected chi connectivity index (χ2v) is 8.77. The number of nitrogens with one attached hydrogen (secondary N) is 1. The summed E-state index contributed by atoms with van der Waals surface area (Å²) in [5.74, 6) is 0.513. The summed E-state index contributed by atoms with van der Waals surface area (Å²) in [7, 11) is -0.763. The van der Waals surface area contributed by atoms with Crippen LogP contribution >= 0.6 is 0 Å². The van der Waals surface area contributed by atoms with Crippen molar-refractivity contribution in [3.05, 3.63) is 48.0 Å². The fourth-order valence-electron chi connectivity index (χ4n) is 3.32. The first-order valence-corrected chi connectivity index (χ1v) is 11.0. The van der Waals surface area contributed by atoms with E-state index in [1.807, 2.05) is 0 Å². The molecule has 7 nitrogen and oxygen atoms in total. The number of rotatable bonds is 6. The van der Waals surface area contributed by atoms with Crippen molar-refractivity contribution < 1.29 is 22.7 Å². The van der Waals surface area contributed by atoms with E-state index in [0.29, 0.717) is 24.5 Å². The lowest BCUT2D eigenvalue weighted by atomic mass is 10.2. The van der Waals surface area contributed by atoms with Gasteiger partial charge in [-0.05, 0) is 55.3 Å². The van der Waals surface area contributed by atoms with Gasteiger partial charge in [-0.3, -0.25) is 4.79 Å². The van der Waals surface area contributed by atoms with Crippen molar-refractivity contribution in [3.63, 3.8) is 0 Å². The molecule has 0 atom stereocenters. The van der Waals surface area contributed by atoms with Crippen LogP contribution in [0.4, 0.5) is 5.69 Å². The average Bonchev–Trinajstić information content (AvgIpc) is 3.04. The van der Waals surface area contributed by atoms with E-state index >= 15 is 0 Å². The van der Waals surface area contributed by atoms with Crippen molar-refractivity contribution in [3.8, 4) is 11.5 Å². The Labute approximate surface area is 171 Å². The Kier molecular flexibility index (Phi) is 6.76. The Hall–Kier alpha value is -2.58. The second kappa shape index (κ2) is 9.28. The fourth-order valence-corrected chi connectivity index (χ4v) is 5.02. The predicted octanol–water partition coefficient (Wildman–Crippen LogP) is 3.52. The number of carbonyl (C=O) groups excluding carboxylic acids is 1. The number of anilines is 1. The third-order valence-corrected chi connectivity index (χ3v) is 6.88. The van der Waals surface area contributed by atoms with Crippen LogP contribution < -0.4 is 14.8 Å². The van der Waals surface area contributed by atoms with Gasteiger partial charge in [0.1, 0.15) is 16.4 Å². The minimum Gasteiger partial charge on any atom is -0.497 e. The maximum atomic E-state index is 13.2. The molecule has 29 heavy (non-hydrogen) atoms. The van der Waals surface area contributed by atoms with E-state index in [1.165, 1.54) is 23.5 Å². The molecule has 0 radical (unpaired) electrons. The summed E-state index contributed by atoms with van der Waals surface area (Å²) in [4.78, 5) is 12.7. The maximum absolute atomic E-state index is 13.2. The van der Waals surface area contributed by atoms with Gasteiger partial charge in [0, 0.05) is 24.3 Å². The standard InChI is InChI=1S/C21H26N2O5S/c1-27-18-10-8-17(9-11-18)22-21(24)16-7-12-19(28-2)20(15-16)29(25,26)23-13-5-3-4-6-14-23/h7-12,15H,3-6,13-14H2,1-2H3,(H,22,24). The lowest BCUT2D eigenvalue weighted by Crippen LogP contribution is -2.32. The van der Waals surface area contributed by atoms with Crippen LogP contribution in [0.5, 0.6) is 11.5 Å². The van der Waals surface area contributed by atoms with Crippen LogP contribution in [0.1, 0.15) is 36.0 Å². The van der Waals surface area contributed by atoms with Crippen molar-refractivity contribution in [1.82, 2.24) is 4.31 Å². The van der Waals surface area contributed by atoms with Gasteiger partial charge >= 0.3 is 0 Å². The van der Waals surface area contributed by atoms with Crippen LogP contribution in [0, 0.1) is 0 Å². The minimum atomic E-state index is -3.75. The van der Waals surface area contributed by atoms with Crippen LogP contribution in [0.2, 0.25) is 0 Å². The highest BCUT2D eigenvalue weighted by atomic mass is 32.2. The Morgan fingerprint density at radius 2 is 1.59 bits per heavy atom. The number of hydrogen-bond donors (Lipinski definition) is 1. The molecule has 1 N–H and O–H groups in total. The van der Waals surface area contributed by atoms with E-state index in [9.17, 15) is 13.2 Å². The Bertz CT molecular complexity index is 950. The number of sulfonamides is 1. The van der Waals surface area contributed by atoms with Crippen molar-refractivity contribution in [2.75, 3.05) is 32.6 Å². The van der Waals surface area contributed by atoms with Gasteiger partial charge in [0.15, 0.2) is 0 Å². The summed E-state index contributed by atoms with van der Waals surface area (Å²) >= 11 is 0. The average molecular weight is 419 g/mol. The molecule has 0 aromatic heterocycles. The van der Waals surface area contributed by atoms with E-state index in [1.54, 1.807) is 37.4 Å². The molecule has 0 spiro atoms. The van der Waals surface area contributed by atoms with E-state index in [2.05, 4.69) is 5.32 Å². The van der Waals surface area contributed by atoms with Crippen LogP contribution in [0.15, 0.2) is 47.4 Å². The largest absolute Gasteiger partial charge is 0.497 e. The first-order valence-electron chi connectivity index (χ1n) is 9.59. The molecule has 0 bridgehead atoms. The molecule has 1 fully saturated rings. The highest BCUT2D eigenvalue weighted by molar-refractivity contribution is 7.89. The zero-order chi connectivity index (χ0) is 20.9. The first-order chi connectivity index (χ1) is 14.0. The van der Waals surface area contributed by atoms with Crippen LogP contribution in [0.25, 0.3) is 0 Å². The molecule has 3 rings (SSSR count). The lowest BCUT2D eigenvalue weighted by molar-refractivity contribution is 0.102. The smallest absolute Gasteiger partial charge is 0.255 e. The molecule has 0 saturated carbocycles. The van der Waals surface area contributed by atoms with Crippen LogP contribution in [-0.4, -0.2) is 45.9 Å².